The van der Waals surface area contributed by atoms with Crippen molar-refractivity contribution < 1.29 is 19.8 Å². The summed E-state index contributed by atoms with van der Waals surface area (Å²) in [5, 5.41) is 48.3. The summed E-state index contributed by atoms with van der Waals surface area (Å²) in [7, 11) is 0. The van der Waals surface area contributed by atoms with Crippen LogP contribution in [0.3, 0.4) is 0 Å². The lowest BCUT2D eigenvalue weighted by Gasteiger charge is -2.35. The quantitative estimate of drug-likeness (QED) is 0.131. The zero-order valence-electron chi connectivity index (χ0n) is 26.4. The van der Waals surface area contributed by atoms with Crippen LogP contribution in [0.5, 0.6) is 11.5 Å². The van der Waals surface area contributed by atoms with Crippen LogP contribution < -0.4 is 20.7 Å². The van der Waals surface area contributed by atoms with Gasteiger partial charge in [-0.1, -0.05) is 84.9 Å². The SMILES string of the molecule is N#Cc1ccc(N(C(=O)Nc2ccc(-c3ccccc3)cc2)N(C(=O)Nc2ccc(-c3ccccc3)cc2)c2ccc(C#N)cc2O)c(O)c1. The number of carbonyl (C=O) groups excluding carboxylic acids is 2. The molecule has 0 heterocycles. The van der Waals surface area contributed by atoms with Gasteiger partial charge in [-0.25, -0.2) is 9.59 Å². The summed E-state index contributed by atoms with van der Waals surface area (Å²) in [5.74, 6) is -0.978. The molecule has 6 aromatic carbocycles. The number of carbonyl (C=O) groups is 2. The van der Waals surface area contributed by atoms with Gasteiger partial charge in [0.15, 0.2) is 0 Å². The fourth-order valence-corrected chi connectivity index (χ4v) is 5.27. The molecule has 50 heavy (non-hydrogen) atoms. The zero-order chi connectivity index (χ0) is 35.0. The van der Waals surface area contributed by atoms with E-state index in [4.69, 9.17) is 0 Å². The van der Waals surface area contributed by atoms with E-state index >= 15 is 0 Å². The number of nitrogens with zero attached hydrogens (tertiary/aromatic N) is 4. The lowest BCUT2D eigenvalue weighted by Crippen LogP contribution is -2.54. The fourth-order valence-electron chi connectivity index (χ4n) is 5.27. The van der Waals surface area contributed by atoms with Crippen molar-refractivity contribution in [2.75, 3.05) is 20.7 Å². The minimum Gasteiger partial charge on any atom is -0.506 e. The number of phenolic OH excluding ortho intramolecular Hbond substituents is 2. The Morgan fingerprint density at radius 3 is 1.14 bits per heavy atom. The van der Waals surface area contributed by atoms with E-state index in [1.54, 1.807) is 24.3 Å². The van der Waals surface area contributed by atoms with Crippen molar-refractivity contribution in [3.05, 3.63) is 157 Å². The van der Waals surface area contributed by atoms with Crippen molar-refractivity contribution in [2.24, 2.45) is 0 Å². The second-order valence-electron chi connectivity index (χ2n) is 11.0. The zero-order valence-corrected chi connectivity index (χ0v) is 26.4. The van der Waals surface area contributed by atoms with Crippen LogP contribution in [0.4, 0.5) is 32.3 Å². The van der Waals surface area contributed by atoms with Gasteiger partial charge in [-0.05, 0) is 82.9 Å². The fraction of sp³-hybridized carbons (Fsp3) is 0. The summed E-state index contributed by atoms with van der Waals surface area (Å²) < 4.78 is 0. The lowest BCUT2D eigenvalue weighted by molar-refractivity contribution is 0.248. The number of aromatic hydroxyl groups is 2. The maximum Gasteiger partial charge on any atom is 0.346 e. The summed E-state index contributed by atoms with van der Waals surface area (Å²) in [4.78, 5) is 28.5. The first-order valence-corrected chi connectivity index (χ1v) is 15.3. The van der Waals surface area contributed by atoms with Gasteiger partial charge in [-0.15, -0.1) is 0 Å². The van der Waals surface area contributed by atoms with Crippen LogP contribution in [0.15, 0.2) is 146 Å². The standard InChI is InChI=1S/C40H28N6O4/c41-25-27-11-21-35(37(47)23-27)45(39(49)43-33-17-13-31(14-18-33)29-7-3-1-4-8-29)46(36-22-12-28(26-42)24-38(36)48)40(50)44-34-19-15-32(16-20-34)30-9-5-2-6-10-30/h1-24,47-48H,(H,43,49)(H,44,50). The first kappa shape index (κ1) is 32.4. The van der Waals surface area contributed by atoms with Crippen LogP contribution in [0, 0.1) is 22.7 Å². The number of hydrazine groups is 1. The Balaban J connectivity index is 1.41. The van der Waals surface area contributed by atoms with Gasteiger partial charge in [-0.3, -0.25) is 0 Å². The minimum atomic E-state index is -0.893. The third kappa shape index (κ3) is 7.05. The van der Waals surface area contributed by atoms with Gasteiger partial charge < -0.3 is 20.8 Å². The van der Waals surface area contributed by atoms with Crippen LogP contribution in [-0.4, -0.2) is 22.3 Å². The van der Waals surface area contributed by atoms with Gasteiger partial charge in [-0.2, -0.15) is 20.5 Å². The van der Waals surface area contributed by atoms with Gasteiger partial charge in [0.2, 0.25) is 0 Å². The van der Waals surface area contributed by atoms with E-state index in [9.17, 15) is 30.3 Å². The number of hydrogen-bond donors (Lipinski definition) is 4. The van der Waals surface area contributed by atoms with Crippen LogP contribution in [0.1, 0.15) is 11.1 Å². The molecule has 0 atom stereocenters. The normalized spacial score (nSPS) is 10.3. The number of benzene rings is 6. The number of nitriles is 2. The molecule has 0 unspecified atom stereocenters. The number of nitrogens with one attached hydrogen (secondary N) is 2. The minimum absolute atomic E-state index is 0.110. The van der Waals surface area contributed by atoms with E-state index in [-0.39, 0.29) is 22.5 Å². The van der Waals surface area contributed by atoms with E-state index in [0.717, 1.165) is 44.4 Å². The highest BCUT2D eigenvalue weighted by atomic mass is 16.3. The average Bonchev–Trinajstić information content (AvgIpc) is 3.15. The Labute approximate surface area is 287 Å². The summed E-state index contributed by atoms with van der Waals surface area (Å²) in [6.07, 6.45) is 0. The van der Waals surface area contributed by atoms with E-state index in [1.807, 2.05) is 97.1 Å². The molecule has 6 aromatic rings. The third-order valence-corrected chi connectivity index (χ3v) is 7.74. The number of rotatable bonds is 6. The Bertz CT molecular complexity index is 2080. The van der Waals surface area contributed by atoms with Gasteiger partial charge in [0, 0.05) is 11.4 Å². The molecule has 0 aliphatic carbocycles. The Hall–Kier alpha value is -7.56. The van der Waals surface area contributed by atoms with E-state index in [0.29, 0.717) is 11.4 Å². The molecule has 0 saturated heterocycles. The van der Waals surface area contributed by atoms with Crippen LogP contribution in [-0.2, 0) is 0 Å². The first-order chi connectivity index (χ1) is 24.3. The molecule has 0 fully saturated rings. The number of hydrogen-bond acceptors (Lipinski definition) is 6. The molecule has 242 valence electrons. The molecule has 0 spiro atoms. The molecule has 4 N–H and O–H groups in total. The van der Waals surface area contributed by atoms with Crippen molar-refractivity contribution >= 4 is 34.8 Å². The molecular weight excluding hydrogens is 628 g/mol. The summed E-state index contributed by atoms with van der Waals surface area (Å²) in [6.45, 7) is 0. The molecule has 0 aliphatic heterocycles. The number of urea groups is 2. The maximum atomic E-state index is 14.3. The van der Waals surface area contributed by atoms with Crippen LogP contribution in [0.25, 0.3) is 22.3 Å². The van der Waals surface area contributed by atoms with E-state index in [1.165, 1.54) is 24.3 Å². The molecule has 10 heteroatoms. The van der Waals surface area contributed by atoms with Crippen molar-refractivity contribution in [1.29, 1.82) is 10.5 Å². The average molecular weight is 657 g/mol. The lowest BCUT2D eigenvalue weighted by atomic mass is 10.1. The Morgan fingerprint density at radius 2 is 0.820 bits per heavy atom. The highest BCUT2D eigenvalue weighted by Crippen LogP contribution is 2.37. The van der Waals surface area contributed by atoms with Crippen molar-refractivity contribution in [3.8, 4) is 45.9 Å². The second-order valence-corrected chi connectivity index (χ2v) is 11.0. The summed E-state index contributed by atoms with van der Waals surface area (Å²) in [6, 6.07) is 43.1. The molecular formula is C40H28N6O4. The smallest absolute Gasteiger partial charge is 0.346 e. The molecule has 0 bridgehead atoms. The molecule has 0 radical (unpaired) electrons. The second kappa shape index (κ2) is 14.5. The summed E-state index contributed by atoms with van der Waals surface area (Å²) >= 11 is 0. The predicted molar refractivity (Wildman–Crippen MR) is 192 cm³/mol. The van der Waals surface area contributed by atoms with E-state index < -0.39 is 23.6 Å². The predicted octanol–water partition coefficient (Wildman–Crippen LogP) is 8.87. The number of anilines is 4. The number of amides is 4. The molecule has 6 rings (SSSR count). The van der Waals surface area contributed by atoms with Crippen molar-refractivity contribution in [3.63, 3.8) is 0 Å². The highest BCUT2D eigenvalue weighted by Gasteiger charge is 2.33. The molecule has 0 aromatic heterocycles. The van der Waals surface area contributed by atoms with Crippen LogP contribution >= 0.6 is 0 Å². The number of phenols is 2. The van der Waals surface area contributed by atoms with Gasteiger partial charge in [0.1, 0.15) is 22.9 Å². The topological polar surface area (TPSA) is 153 Å². The largest absolute Gasteiger partial charge is 0.506 e. The third-order valence-electron chi connectivity index (χ3n) is 7.74. The molecule has 0 aliphatic rings. The van der Waals surface area contributed by atoms with Gasteiger partial charge in [0.05, 0.1) is 23.3 Å². The van der Waals surface area contributed by atoms with Crippen molar-refractivity contribution in [1.82, 2.24) is 0 Å². The highest BCUT2D eigenvalue weighted by molar-refractivity contribution is 6.14. The Kier molecular flexibility index (Phi) is 9.37. The first-order valence-electron chi connectivity index (χ1n) is 15.3. The molecule has 0 saturated carbocycles. The van der Waals surface area contributed by atoms with Crippen molar-refractivity contribution in [2.45, 2.75) is 0 Å². The van der Waals surface area contributed by atoms with E-state index in [2.05, 4.69) is 10.6 Å². The monoisotopic (exact) mass is 656 g/mol. The molecule has 10 nitrogen and oxygen atoms in total. The van der Waals surface area contributed by atoms with Gasteiger partial charge >= 0.3 is 12.1 Å². The Morgan fingerprint density at radius 1 is 0.480 bits per heavy atom. The van der Waals surface area contributed by atoms with Crippen LogP contribution in [0.2, 0.25) is 0 Å². The molecule has 4 amide bonds. The maximum absolute atomic E-state index is 14.3. The summed E-state index contributed by atoms with van der Waals surface area (Å²) in [5.41, 5.74) is 4.37. The van der Waals surface area contributed by atoms with Gasteiger partial charge in [0.25, 0.3) is 0 Å².